The van der Waals surface area contributed by atoms with Crippen LogP contribution in [0.2, 0.25) is 0 Å². The second-order valence-corrected chi connectivity index (χ2v) is 5.72. The van der Waals surface area contributed by atoms with Gasteiger partial charge >= 0.3 is 0 Å². The summed E-state index contributed by atoms with van der Waals surface area (Å²) in [6.45, 7) is 0.666. The minimum absolute atomic E-state index is 0.113. The molecule has 0 spiro atoms. The Morgan fingerprint density at radius 3 is 2.90 bits per heavy atom. The fourth-order valence-electron chi connectivity index (χ4n) is 2.60. The van der Waals surface area contributed by atoms with Crippen molar-refractivity contribution in [1.82, 2.24) is 19.7 Å². The van der Waals surface area contributed by atoms with E-state index in [2.05, 4.69) is 36.3 Å². The lowest BCUT2D eigenvalue weighted by molar-refractivity contribution is 0.266. The highest BCUT2D eigenvalue weighted by Gasteiger charge is 2.24. The molecule has 1 aliphatic rings. The summed E-state index contributed by atoms with van der Waals surface area (Å²) in [4.78, 5) is 8.50. The number of hydrogen-bond donors (Lipinski definition) is 2. The number of aliphatic hydroxyl groups excluding tert-OH is 1. The SMILES string of the molecule is OCCn1ncc2c1CCCC2Nc1ncc(Br)cn1. The average molecular weight is 338 g/mol. The number of aromatic nitrogens is 4. The highest BCUT2D eigenvalue weighted by molar-refractivity contribution is 9.10. The molecule has 1 unspecified atom stereocenters. The monoisotopic (exact) mass is 337 g/mol. The Bertz CT molecular complexity index is 583. The second-order valence-electron chi connectivity index (χ2n) is 4.81. The van der Waals surface area contributed by atoms with Crippen molar-refractivity contribution in [2.45, 2.75) is 31.8 Å². The van der Waals surface area contributed by atoms with Gasteiger partial charge in [0.25, 0.3) is 0 Å². The molecule has 0 amide bonds. The van der Waals surface area contributed by atoms with E-state index in [-0.39, 0.29) is 12.6 Å². The van der Waals surface area contributed by atoms with Crippen molar-refractivity contribution in [3.05, 3.63) is 34.3 Å². The molecule has 106 valence electrons. The first-order valence-electron chi connectivity index (χ1n) is 6.67. The van der Waals surface area contributed by atoms with Crippen molar-refractivity contribution in [3.8, 4) is 0 Å². The summed E-state index contributed by atoms with van der Waals surface area (Å²) in [6.07, 6.45) is 8.49. The molecule has 7 heteroatoms. The van der Waals surface area contributed by atoms with Gasteiger partial charge in [-0.25, -0.2) is 9.97 Å². The number of hydrogen-bond acceptors (Lipinski definition) is 5. The van der Waals surface area contributed by atoms with Crippen molar-refractivity contribution >= 4 is 21.9 Å². The lowest BCUT2D eigenvalue weighted by Crippen LogP contribution is -2.20. The van der Waals surface area contributed by atoms with Gasteiger partial charge in [0.15, 0.2) is 0 Å². The third-order valence-corrected chi connectivity index (χ3v) is 3.91. The molecule has 1 atom stereocenters. The third-order valence-electron chi connectivity index (χ3n) is 3.50. The first kappa shape index (κ1) is 13.5. The van der Waals surface area contributed by atoms with Crippen LogP contribution in [0.3, 0.4) is 0 Å². The van der Waals surface area contributed by atoms with Crippen LogP contribution in [0.25, 0.3) is 0 Å². The van der Waals surface area contributed by atoms with Gasteiger partial charge in [0.1, 0.15) is 0 Å². The van der Waals surface area contributed by atoms with Gasteiger partial charge in [0.05, 0.1) is 29.9 Å². The van der Waals surface area contributed by atoms with Gasteiger partial charge < -0.3 is 10.4 Å². The van der Waals surface area contributed by atoms with Gasteiger partial charge in [-0.05, 0) is 35.2 Å². The molecule has 0 aliphatic heterocycles. The van der Waals surface area contributed by atoms with Gasteiger partial charge in [-0.2, -0.15) is 5.10 Å². The molecule has 2 aromatic rings. The van der Waals surface area contributed by atoms with Crippen LogP contribution in [0.1, 0.15) is 30.1 Å². The lowest BCUT2D eigenvalue weighted by Gasteiger charge is -2.24. The summed E-state index contributed by atoms with van der Waals surface area (Å²) in [5, 5.41) is 16.8. The van der Waals surface area contributed by atoms with E-state index in [0.29, 0.717) is 12.5 Å². The highest BCUT2D eigenvalue weighted by Crippen LogP contribution is 2.31. The zero-order valence-electron chi connectivity index (χ0n) is 11.0. The van der Waals surface area contributed by atoms with E-state index < -0.39 is 0 Å². The summed E-state index contributed by atoms with van der Waals surface area (Å²) in [5.41, 5.74) is 2.40. The molecule has 2 heterocycles. The molecule has 0 aromatic carbocycles. The lowest BCUT2D eigenvalue weighted by atomic mass is 9.93. The zero-order chi connectivity index (χ0) is 13.9. The maximum absolute atomic E-state index is 9.07. The summed E-state index contributed by atoms with van der Waals surface area (Å²) >= 11 is 3.33. The van der Waals surface area contributed by atoms with E-state index in [1.54, 1.807) is 12.4 Å². The number of fused-ring (bicyclic) bond motifs is 1. The molecule has 3 rings (SSSR count). The second kappa shape index (κ2) is 5.88. The molecular formula is C13H16BrN5O. The molecule has 0 radical (unpaired) electrons. The number of nitrogens with one attached hydrogen (secondary N) is 1. The van der Waals surface area contributed by atoms with Crippen LogP contribution >= 0.6 is 15.9 Å². The predicted octanol–water partition coefficient (Wildman–Crippen LogP) is 1.92. The number of rotatable bonds is 4. The van der Waals surface area contributed by atoms with E-state index in [0.717, 1.165) is 23.7 Å². The molecule has 20 heavy (non-hydrogen) atoms. The van der Waals surface area contributed by atoms with Crippen LogP contribution in [-0.2, 0) is 13.0 Å². The van der Waals surface area contributed by atoms with E-state index in [9.17, 15) is 0 Å². The smallest absolute Gasteiger partial charge is 0.223 e. The summed E-state index contributed by atoms with van der Waals surface area (Å²) in [7, 11) is 0. The quantitative estimate of drug-likeness (QED) is 0.891. The van der Waals surface area contributed by atoms with E-state index in [1.165, 1.54) is 11.3 Å². The Balaban J connectivity index is 1.81. The van der Waals surface area contributed by atoms with Crippen molar-refractivity contribution in [2.24, 2.45) is 0 Å². The summed E-state index contributed by atoms with van der Waals surface area (Å²) < 4.78 is 2.76. The molecule has 1 aliphatic carbocycles. The van der Waals surface area contributed by atoms with Crippen LogP contribution < -0.4 is 5.32 Å². The number of nitrogens with zero attached hydrogens (tertiary/aromatic N) is 4. The van der Waals surface area contributed by atoms with Crippen LogP contribution in [0.5, 0.6) is 0 Å². The standard InChI is InChI=1S/C13H16BrN5O/c14-9-6-15-13(16-7-9)18-11-2-1-3-12-10(11)8-17-19(12)4-5-20/h6-8,11,20H,1-5H2,(H,15,16,18). The molecule has 0 bridgehead atoms. The normalized spacial score (nSPS) is 17.8. The number of aliphatic hydroxyl groups is 1. The maximum Gasteiger partial charge on any atom is 0.223 e. The predicted molar refractivity (Wildman–Crippen MR) is 78.3 cm³/mol. The van der Waals surface area contributed by atoms with Crippen LogP contribution in [0, 0.1) is 0 Å². The van der Waals surface area contributed by atoms with Crippen molar-refractivity contribution in [2.75, 3.05) is 11.9 Å². The molecule has 0 saturated heterocycles. The Morgan fingerprint density at radius 2 is 2.15 bits per heavy atom. The fourth-order valence-corrected chi connectivity index (χ4v) is 2.80. The van der Waals surface area contributed by atoms with Gasteiger partial charge in [-0.3, -0.25) is 4.68 Å². The van der Waals surface area contributed by atoms with E-state index >= 15 is 0 Å². The maximum atomic E-state index is 9.07. The minimum Gasteiger partial charge on any atom is -0.394 e. The highest BCUT2D eigenvalue weighted by atomic mass is 79.9. The van der Waals surface area contributed by atoms with Gasteiger partial charge in [0, 0.05) is 23.7 Å². The summed E-state index contributed by atoms with van der Waals surface area (Å²) in [5.74, 6) is 0.626. The fraction of sp³-hybridized carbons (Fsp3) is 0.462. The third kappa shape index (κ3) is 2.69. The Kier molecular flexibility index (Phi) is 3.98. The van der Waals surface area contributed by atoms with Crippen LogP contribution in [0.4, 0.5) is 5.95 Å². The zero-order valence-corrected chi connectivity index (χ0v) is 12.5. The largest absolute Gasteiger partial charge is 0.394 e. The van der Waals surface area contributed by atoms with E-state index in [1.807, 2.05) is 10.9 Å². The molecule has 2 aromatic heterocycles. The average Bonchev–Trinajstić information content (AvgIpc) is 2.86. The molecule has 0 saturated carbocycles. The van der Waals surface area contributed by atoms with E-state index in [4.69, 9.17) is 5.11 Å². The summed E-state index contributed by atoms with van der Waals surface area (Å²) in [6, 6.07) is 0.187. The number of halogens is 1. The molecule has 6 nitrogen and oxygen atoms in total. The van der Waals surface area contributed by atoms with Crippen LogP contribution in [-0.4, -0.2) is 31.5 Å². The molecule has 0 fully saturated rings. The number of anilines is 1. The van der Waals surface area contributed by atoms with Crippen molar-refractivity contribution < 1.29 is 5.11 Å². The first-order valence-corrected chi connectivity index (χ1v) is 7.47. The van der Waals surface area contributed by atoms with Gasteiger partial charge in [-0.15, -0.1) is 0 Å². The Morgan fingerprint density at radius 1 is 1.35 bits per heavy atom. The Hall–Kier alpha value is -1.47. The molecular weight excluding hydrogens is 322 g/mol. The van der Waals surface area contributed by atoms with Gasteiger partial charge in [0.2, 0.25) is 5.95 Å². The molecule has 2 N–H and O–H groups in total. The van der Waals surface area contributed by atoms with Crippen molar-refractivity contribution in [1.29, 1.82) is 0 Å². The topological polar surface area (TPSA) is 75.9 Å². The van der Waals surface area contributed by atoms with Crippen molar-refractivity contribution in [3.63, 3.8) is 0 Å². The first-order chi connectivity index (χ1) is 9.78. The van der Waals surface area contributed by atoms with Gasteiger partial charge in [-0.1, -0.05) is 0 Å². The van der Waals surface area contributed by atoms with Crippen LogP contribution in [0.15, 0.2) is 23.1 Å². The minimum atomic E-state index is 0.113. The Labute approximate surface area is 125 Å².